The number of carboxylic acid groups (broad SMARTS) is 1. The van der Waals surface area contributed by atoms with Gasteiger partial charge in [-0.3, -0.25) is 9.59 Å². The molecule has 1 aromatic rings. The zero-order chi connectivity index (χ0) is 15.4. The normalized spacial score (nSPS) is 21.8. The highest BCUT2D eigenvalue weighted by Gasteiger charge is 2.26. The second-order valence-electron chi connectivity index (χ2n) is 5.39. The average Bonchev–Trinajstić information content (AvgIpc) is 2.47. The molecule has 4 nitrogen and oxygen atoms in total. The van der Waals surface area contributed by atoms with Crippen molar-refractivity contribution in [1.29, 1.82) is 0 Å². The minimum Gasteiger partial charge on any atom is -0.481 e. The number of carbonyl (C=O) groups excluding carboxylic acids is 1. The van der Waals surface area contributed by atoms with Crippen LogP contribution in [0.15, 0.2) is 22.7 Å². The Morgan fingerprint density at radius 2 is 1.95 bits per heavy atom. The summed E-state index contributed by atoms with van der Waals surface area (Å²) in [6, 6.07) is 3.98. The minimum atomic E-state index is -0.735. The number of amides is 1. The molecule has 1 aliphatic rings. The fourth-order valence-corrected chi connectivity index (χ4v) is 3.04. The van der Waals surface area contributed by atoms with Gasteiger partial charge in [0, 0.05) is 11.0 Å². The quantitative estimate of drug-likeness (QED) is 0.869. The van der Waals surface area contributed by atoms with Crippen molar-refractivity contribution in [2.24, 2.45) is 11.8 Å². The van der Waals surface area contributed by atoms with Crippen LogP contribution in [0.2, 0.25) is 0 Å². The average molecular weight is 358 g/mol. The maximum atomic E-state index is 13.2. The molecule has 0 bridgehead atoms. The van der Waals surface area contributed by atoms with Gasteiger partial charge in [-0.15, -0.1) is 0 Å². The van der Waals surface area contributed by atoms with Crippen LogP contribution in [0.3, 0.4) is 0 Å². The summed E-state index contributed by atoms with van der Waals surface area (Å²) in [5.74, 6) is -1.47. The summed E-state index contributed by atoms with van der Waals surface area (Å²) in [7, 11) is 0. The van der Waals surface area contributed by atoms with Crippen molar-refractivity contribution < 1.29 is 19.1 Å². The molecular formula is C15H17BrFNO3. The van der Waals surface area contributed by atoms with E-state index in [0.29, 0.717) is 23.9 Å². The van der Waals surface area contributed by atoms with Gasteiger partial charge in [-0.05, 0) is 65.7 Å². The Labute approximate surface area is 130 Å². The third-order valence-corrected chi connectivity index (χ3v) is 4.61. The molecule has 0 atom stereocenters. The number of carbonyl (C=O) groups is 2. The van der Waals surface area contributed by atoms with E-state index >= 15 is 0 Å². The summed E-state index contributed by atoms with van der Waals surface area (Å²) < 4.78 is 13.7. The second-order valence-corrected chi connectivity index (χ2v) is 6.24. The molecule has 2 N–H and O–H groups in total. The lowest BCUT2D eigenvalue weighted by Gasteiger charge is -2.26. The van der Waals surface area contributed by atoms with Gasteiger partial charge in [-0.1, -0.05) is 0 Å². The van der Waals surface area contributed by atoms with Gasteiger partial charge >= 0.3 is 5.97 Å². The van der Waals surface area contributed by atoms with Gasteiger partial charge in [0.05, 0.1) is 11.5 Å². The highest BCUT2D eigenvalue weighted by Crippen LogP contribution is 2.28. The van der Waals surface area contributed by atoms with Gasteiger partial charge in [-0.2, -0.15) is 0 Å². The monoisotopic (exact) mass is 357 g/mol. The van der Waals surface area contributed by atoms with Crippen molar-refractivity contribution in [3.8, 4) is 0 Å². The number of nitrogens with one attached hydrogen (secondary N) is 1. The van der Waals surface area contributed by atoms with E-state index in [4.69, 9.17) is 5.11 Å². The molecule has 1 fully saturated rings. The largest absolute Gasteiger partial charge is 0.481 e. The van der Waals surface area contributed by atoms with E-state index < -0.39 is 11.8 Å². The summed E-state index contributed by atoms with van der Waals surface area (Å²) in [4.78, 5) is 22.9. The van der Waals surface area contributed by atoms with Crippen LogP contribution < -0.4 is 5.32 Å². The van der Waals surface area contributed by atoms with E-state index in [2.05, 4.69) is 21.2 Å². The molecule has 1 aromatic carbocycles. The van der Waals surface area contributed by atoms with Crippen LogP contribution in [0.1, 0.15) is 36.0 Å². The zero-order valence-corrected chi connectivity index (χ0v) is 13.0. The fraction of sp³-hybridized carbons (Fsp3) is 0.467. The Balaban J connectivity index is 1.85. The number of halogens is 2. The molecule has 6 heteroatoms. The lowest BCUT2D eigenvalue weighted by Crippen LogP contribution is -2.32. The van der Waals surface area contributed by atoms with Crippen molar-refractivity contribution in [1.82, 2.24) is 5.32 Å². The van der Waals surface area contributed by atoms with Crippen molar-refractivity contribution in [2.45, 2.75) is 25.7 Å². The molecule has 0 radical (unpaired) electrons. The molecule has 114 valence electrons. The van der Waals surface area contributed by atoms with Gasteiger partial charge in [-0.25, -0.2) is 4.39 Å². The van der Waals surface area contributed by atoms with Crippen LogP contribution >= 0.6 is 15.9 Å². The molecule has 0 saturated heterocycles. The number of rotatable bonds is 4. The first-order valence-corrected chi connectivity index (χ1v) is 7.72. The van der Waals surface area contributed by atoms with Gasteiger partial charge in [0.1, 0.15) is 5.82 Å². The van der Waals surface area contributed by atoms with Gasteiger partial charge < -0.3 is 10.4 Å². The fourth-order valence-electron chi connectivity index (χ4n) is 2.62. The van der Waals surface area contributed by atoms with E-state index in [1.54, 1.807) is 0 Å². The van der Waals surface area contributed by atoms with Crippen molar-refractivity contribution in [3.05, 3.63) is 34.1 Å². The molecule has 0 spiro atoms. The topological polar surface area (TPSA) is 66.4 Å². The highest BCUT2D eigenvalue weighted by molar-refractivity contribution is 9.10. The molecule has 0 aromatic heterocycles. The zero-order valence-electron chi connectivity index (χ0n) is 11.4. The molecule has 21 heavy (non-hydrogen) atoms. The Hall–Kier alpha value is -1.43. The maximum Gasteiger partial charge on any atom is 0.306 e. The lowest BCUT2D eigenvalue weighted by molar-refractivity contribution is -0.143. The van der Waals surface area contributed by atoms with Crippen LogP contribution in [-0.2, 0) is 4.79 Å². The summed E-state index contributed by atoms with van der Waals surface area (Å²) in [5, 5.41) is 11.7. The standard InChI is InChI=1S/C15H17BrFNO3/c16-13-6-5-11(17)7-12(13)14(19)18-8-9-1-3-10(4-2-9)15(20)21/h5-7,9-10H,1-4,8H2,(H,18,19)(H,20,21). The molecule has 0 unspecified atom stereocenters. The van der Waals surface area contributed by atoms with E-state index in [9.17, 15) is 14.0 Å². The number of carboxylic acids is 1. The van der Waals surface area contributed by atoms with Crippen molar-refractivity contribution in [2.75, 3.05) is 6.54 Å². The number of aliphatic carboxylic acids is 1. The summed E-state index contributed by atoms with van der Waals surface area (Å²) in [5.41, 5.74) is 0.272. The SMILES string of the molecule is O=C(NCC1CCC(C(=O)O)CC1)c1cc(F)ccc1Br. The van der Waals surface area contributed by atoms with Crippen LogP contribution in [0.4, 0.5) is 4.39 Å². The lowest BCUT2D eigenvalue weighted by atomic mass is 9.82. The third-order valence-electron chi connectivity index (χ3n) is 3.92. The minimum absolute atomic E-state index is 0.255. The molecule has 1 aliphatic carbocycles. The Morgan fingerprint density at radius 3 is 2.57 bits per heavy atom. The summed E-state index contributed by atoms with van der Waals surface area (Å²) >= 11 is 3.23. The molecule has 0 aliphatic heterocycles. The summed E-state index contributed by atoms with van der Waals surface area (Å²) in [6.07, 6.45) is 2.89. The predicted molar refractivity (Wildman–Crippen MR) is 79.5 cm³/mol. The third kappa shape index (κ3) is 4.27. The van der Waals surface area contributed by atoms with Gasteiger partial charge in [0.2, 0.25) is 0 Å². The Kier molecular flexibility index (Phi) is 5.33. The summed E-state index contributed by atoms with van der Waals surface area (Å²) in [6.45, 7) is 0.494. The molecular weight excluding hydrogens is 341 g/mol. The number of benzene rings is 1. The molecule has 1 amide bonds. The van der Waals surface area contributed by atoms with E-state index in [0.717, 1.165) is 12.8 Å². The highest BCUT2D eigenvalue weighted by atomic mass is 79.9. The van der Waals surface area contributed by atoms with Crippen molar-refractivity contribution >= 4 is 27.8 Å². The Bertz CT molecular complexity index is 542. The predicted octanol–water partition coefficient (Wildman–Crippen LogP) is 3.21. The van der Waals surface area contributed by atoms with Gasteiger partial charge in [0.25, 0.3) is 5.91 Å². The smallest absolute Gasteiger partial charge is 0.306 e. The molecule has 2 rings (SSSR count). The van der Waals surface area contributed by atoms with Crippen LogP contribution in [0.25, 0.3) is 0 Å². The molecule has 0 heterocycles. The first-order chi connectivity index (χ1) is 9.97. The van der Waals surface area contributed by atoms with Crippen LogP contribution in [-0.4, -0.2) is 23.5 Å². The Morgan fingerprint density at radius 1 is 1.29 bits per heavy atom. The first kappa shape index (κ1) is 15.9. The van der Waals surface area contributed by atoms with E-state index in [1.165, 1.54) is 18.2 Å². The van der Waals surface area contributed by atoms with Crippen molar-refractivity contribution in [3.63, 3.8) is 0 Å². The van der Waals surface area contributed by atoms with Gasteiger partial charge in [0.15, 0.2) is 0 Å². The first-order valence-electron chi connectivity index (χ1n) is 6.93. The van der Waals surface area contributed by atoms with Crippen LogP contribution in [0.5, 0.6) is 0 Å². The number of hydrogen-bond acceptors (Lipinski definition) is 2. The molecule has 1 saturated carbocycles. The van der Waals surface area contributed by atoms with Crippen LogP contribution in [0, 0.1) is 17.7 Å². The number of hydrogen-bond donors (Lipinski definition) is 2. The maximum absolute atomic E-state index is 13.2. The van der Waals surface area contributed by atoms with E-state index in [-0.39, 0.29) is 23.3 Å². The second kappa shape index (κ2) is 7.02. The van der Waals surface area contributed by atoms with E-state index in [1.807, 2.05) is 0 Å².